The Morgan fingerprint density at radius 1 is 1.60 bits per heavy atom. The zero-order valence-electron chi connectivity index (χ0n) is 5.87. The Kier molecular flexibility index (Phi) is 2.10. The highest BCUT2D eigenvalue weighted by molar-refractivity contribution is 5.39. The van der Waals surface area contributed by atoms with Crippen LogP contribution in [0.4, 0.5) is 5.69 Å². The van der Waals surface area contributed by atoms with E-state index in [-0.39, 0.29) is 0 Å². The standard InChI is InChI=1S/C7H10N2O/c1-2-10-7-3-6(8)4-9-5-7/h3-5H,2,8H2,1H3. The van der Waals surface area contributed by atoms with Gasteiger partial charge in [-0.2, -0.15) is 0 Å². The van der Waals surface area contributed by atoms with Crippen molar-refractivity contribution < 1.29 is 4.74 Å². The van der Waals surface area contributed by atoms with Gasteiger partial charge in [-0.25, -0.2) is 0 Å². The van der Waals surface area contributed by atoms with Gasteiger partial charge in [-0.3, -0.25) is 4.98 Å². The van der Waals surface area contributed by atoms with E-state index in [2.05, 4.69) is 4.98 Å². The summed E-state index contributed by atoms with van der Waals surface area (Å²) in [5, 5.41) is 0. The van der Waals surface area contributed by atoms with Gasteiger partial charge in [0.15, 0.2) is 0 Å². The molecule has 3 heteroatoms. The molecule has 0 spiro atoms. The summed E-state index contributed by atoms with van der Waals surface area (Å²) >= 11 is 0. The average Bonchev–Trinajstić information content (AvgIpc) is 1.88. The molecule has 3 nitrogen and oxygen atoms in total. The molecule has 0 atom stereocenters. The van der Waals surface area contributed by atoms with Crippen molar-refractivity contribution in [3.63, 3.8) is 0 Å². The molecule has 2 N–H and O–H groups in total. The van der Waals surface area contributed by atoms with Crippen molar-refractivity contribution in [3.05, 3.63) is 18.5 Å². The van der Waals surface area contributed by atoms with Crippen LogP contribution in [0.1, 0.15) is 6.92 Å². The molecular formula is C7H10N2O. The van der Waals surface area contributed by atoms with Gasteiger partial charge in [-0.05, 0) is 6.92 Å². The number of hydrogen-bond donors (Lipinski definition) is 1. The van der Waals surface area contributed by atoms with Crippen molar-refractivity contribution in [1.82, 2.24) is 4.98 Å². The number of nitrogens with two attached hydrogens (primary N) is 1. The molecule has 0 bridgehead atoms. The molecule has 0 fully saturated rings. The van der Waals surface area contributed by atoms with Gasteiger partial charge < -0.3 is 10.5 Å². The largest absolute Gasteiger partial charge is 0.492 e. The smallest absolute Gasteiger partial charge is 0.139 e. The van der Waals surface area contributed by atoms with E-state index >= 15 is 0 Å². The first-order valence-corrected chi connectivity index (χ1v) is 3.16. The van der Waals surface area contributed by atoms with Gasteiger partial charge in [-0.1, -0.05) is 0 Å². The fourth-order valence-corrected chi connectivity index (χ4v) is 0.681. The SMILES string of the molecule is CCOc1cncc(N)c1. The Morgan fingerprint density at radius 3 is 3.00 bits per heavy atom. The predicted octanol–water partition coefficient (Wildman–Crippen LogP) is 1.06. The summed E-state index contributed by atoms with van der Waals surface area (Å²) in [4.78, 5) is 3.85. The van der Waals surface area contributed by atoms with Crippen LogP contribution < -0.4 is 10.5 Å². The summed E-state index contributed by atoms with van der Waals surface area (Å²) in [5.41, 5.74) is 6.08. The third kappa shape index (κ3) is 1.62. The number of nitrogen functional groups attached to an aromatic ring is 1. The Bertz CT molecular complexity index is 213. The summed E-state index contributed by atoms with van der Waals surface area (Å²) in [6, 6.07) is 1.75. The fourth-order valence-electron chi connectivity index (χ4n) is 0.681. The van der Waals surface area contributed by atoms with Crippen molar-refractivity contribution in [2.75, 3.05) is 12.3 Å². The molecule has 0 amide bonds. The molecule has 0 unspecified atom stereocenters. The first-order valence-electron chi connectivity index (χ1n) is 3.16. The Hall–Kier alpha value is -1.25. The molecule has 1 heterocycles. The maximum Gasteiger partial charge on any atom is 0.139 e. The third-order valence-corrected chi connectivity index (χ3v) is 1.05. The molecule has 0 saturated carbocycles. The van der Waals surface area contributed by atoms with E-state index in [0.717, 1.165) is 5.75 Å². The minimum Gasteiger partial charge on any atom is -0.492 e. The van der Waals surface area contributed by atoms with Gasteiger partial charge in [0, 0.05) is 6.07 Å². The molecule has 0 aliphatic heterocycles. The van der Waals surface area contributed by atoms with Crippen LogP contribution in [0.25, 0.3) is 0 Å². The van der Waals surface area contributed by atoms with Crippen LogP contribution in [0.3, 0.4) is 0 Å². The van der Waals surface area contributed by atoms with Gasteiger partial charge in [0.1, 0.15) is 5.75 Å². The van der Waals surface area contributed by atoms with Gasteiger partial charge in [0.25, 0.3) is 0 Å². The topological polar surface area (TPSA) is 48.1 Å². The maximum atomic E-state index is 5.45. The van der Waals surface area contributed by atoms with Gasteiger partial charge in [0.05, 0.1) is 24.7 Å². The van der Waals surface area contributed by atoms with Gasteiger partial charge >= 0.3 is 0 Å². The molecule has 0 saturated heterocycles. The minimum absolute atomic E-state index is 0.631. The monoisotopic (exact) mass is 138 g/mol. The summed E-state index contributed by atoms with van der Waals surface area (Å²) in [7, 11) is 0. The van der Waals surface area contributed by atoms with Crippen LogP contribution >= 0.6 is 0 Å². The lowest BCUT2D eigenvalue weighted by molar-refractivity contribution is 0.339. The van der Waals surface area contributed by atoms with Crippen molar-refractivity contribution in [3.8, 4) is 5.75 Å². The lowest BCUT2D eigenvalue weighted by Crippen LogP contribution is -1.93. The zero-order valence-corrected chi connectivity index (χ0v) is 5.87. The number of hydrogen-bond acceptors (Lipinski definition) is 3. The molecular weight excluding hydrogens is 128 g/mol. The van der Waals surface area contributed by atoms with Crippen LogP contribution in [0.5, 0.6) is 5.75 Å². The molecule has 1 rings (SSSR count). The van der Waals surface area contributed by atoms with E-state index in [1.165, 1.54) is 0 Å². The highest BCUT2D eigenvalue weighted by Crippen LogP contribution is 2.11. The molecule has 0 aliphatic carbocycles. The number of pyridine rings is 1. The Labute approximate surface area is 59.8 Å². The van der Waals surface area contributed by atoms with Crippen LogP contribution in [0.2, 0.25) is 0 Å². The predicted molar refractivity (Wildman–Crippen MR) is 39.8 cm³/mol. The van der Waals surface area contributed by atoms with Crippen LogP contribution in [0.15, 0.2) is 18.5 Å². The zero-order chi connectivity index (χ0) is 7.40. The molecule has 54 valence electrons. The quantitative estimate of drug-likeness (QED) is 0.664. The highest BCUT2D eigenvalue weighted by atomic mass is 16.5. The maximum absolute atomic E-state index is 5.45. The van der Waals surface area contributed by atoms with E-state index < -0.39 is 0 Å². The van der Waals surface area contributed by atoms with Crippen molar-refractivity contribution in [2.45, 2.75) is 6.92 Å². The van der Waals surface area contributed by atoms with Crippen molar-refractivity contribution in [2.24, 2.45) is 0 Å². The molecule has 0 radical (unpaired) electrons. The van der Waals surface area contributed by atoms with Crippen LogP contribution in [-0.4, -0.2) is 11.6 Å². The number of nitrogens with zero attached hydrogens (tertiary/aromatic N) is 1. The number of rotatable bonds is 2. The second-order valence-electron chi connectivity index (χ2n) is 1.89. The molecule has 0 aliphatic rings. The van der Waals surface area contributed by atoms with E-state index in [1.807, 2.05) is 6.92 Å². The fraction of sp³-hybridized carbons (Fsp3) is 0.286. The summed E-state index contributed by atoms with van der Waals surface area (Å²) in [6.45, 7) is 2.56. The second kappa shape index (κ2) is 3.06. The number of ether oxygens (including phenoxy) is 1. The molecule has 1 aromatic rings. The summed E-state index contributed by atoms with van der Waals surface area (Å²) in [6.07, 6.45) is 3.22. The van der Waals surface area contributed by atoms with Crippen LogP contribution in [-0.2, 0) is 0 Å². The lowest BCUT2D eigenvalue weighted by Gasteiger charge is -2.00. The Morgan fingerprint density at radius 2 is 2.40 bits per heavy atom. The lowest BCUT2D eigenvalue weighted by atomic mass is 10.4. The Balaban J connectivity index is 2.75. The third-order valence-electron chi connectivity index (χ3n) is 1.05. The molecule has 1 aromatic heterocycles. The summed E-state index contributed by atoms with van der Waals surface area (Å²) in [5.74, 6) is 0.725. The van der Waals surface area contributed by atoms with Gasteiger partial charge in [-0.15, -0.1) is 0 Å². The number of anilines is 1. The van der Waals surface area contributed by atoms with Gasteiger partial charge in [0.2, 0.25) is 0 Å². The normalized spacial score (nSPS) is 9.30. The second-order valence-corrected chi connectivity index (χ2v) is 1.89. The first kappa shape index (κ1) is 6.86. The molecule has 10 heavy (non-hydrogen) atoms. The minimum atomic E-state index is 0.631. The number of aromatic nitrogens is 1. The van der Waals surface area contributed by atoms with E-state index in [9.17, 15) is 0 Å². The van der Waals surface area contributed by atoms with Crippen LogP contribution in [0, 0.1) is 0 Å². The summed E-state index contributed by atoms with van der Waals surface area (Å²) < 4.78 is 5.14. The van der Waals surface area contributed by atoms with Crippen molar-refractivity contribution in [1.29, 1.82) is 0 Å². The van der Waals surface area contributed by atoms with E-state index in [4.69, 9.17) is 10.5 Å². The molecule has 0 aromatic carbocycles. The first-order chi connectivity index (χ1) is 4.83. The van der Waals surface area contributed by atoms with E-state index in [0.29, 0.717) is 12.3 Å². The highest BCUT2D eigenvalue weighted by Gasteiger charge is 1.90. The average molecular weight is 138 g/mol. The van der Waals surface area contributed by atoms with E-state index in [1.54, 1.807) is 18.5 Å². The van der Waals surface area contributed by atoms with Crippen molar-refractivity contribution >= 4 is 5.69 Å².